The molecule has 0 fully saturated rings. The van der Waals surface area contributed by atoms with Gasteiger partial charge in [0.2, 0.25) is 0 Å². The van der Waals surface area contributed by atoms with E-state index in [1.807, 2.05) is 42.5 Å². The summed E-state index contributed by atoms with van der Waals surface area (Å²) in [6.07, 6.45) is 0.630. The van der Waals surface area contributed by atoms with Crippen LogP contribution in [0.15, 0.2) is 48.5 Å². The average Bonchev–Trinajstić information content (AvgIpc) is 2.40. The molecule has 0 aliphatic heterocycles. The number of nitrogen functional groups attached to an aromatic ring is 1. The van der Waals surface area contributed by atoms with Crippen molar-refractivity contribution in [1.82, 2.24) is 4.98 Å². The Kier molecular flexibility index (Phi) is 3.69. The zero-order valence-electron chi connectivity index (χ0n) is 10.0. The van der Waals surface area contributed by atoms with Crippen molar-refractivity contribution >= 4 is 5.84 Å². The van der Waals surface area contributed by atoms with Crippen molar-refractivity contribution < 1.29 is 0 Å². The molecule has 5 N–H and O–H groups in total. The van der Waals surface area contributed by atoms with Gasteiger partial charge in [-0.05, 0) is 17.7 Å². The highest BCUT2D eigenvalue weighted by atomic mass is 14.8. The van der Waals surface area contributed by atoms with Crippen LogP contribution in [0.25, 0.3) is 0 Å². The molecule has 1 atom stereocenters. The predicted octanol–water partition coefficient (Wildman–Crippen LogP) is 1.61. The van der Waals surface area contributed by atoms with E-state index in [1.54, 1.807) is 6.07 Å². The van der Waals surface area contributed by atoms with Gasteiger partial charge < -0.3 is 11.5 Å². The summed E-state index contributed by atoms with van der Waals surface area (Å²) in [5.74, 6) is -0.0230. The summed E-state index contributed by atoms with van der Waals surface area (Å²) in [6.45, 7) is 0. The lowest BCUT2D eigenvalue weighted by atomic mass is 10.0. The molecule has 0 aliphatic rings. The van der Waals surface area contributed by atoms with Crippen LogP contribution in [-0.4, -0.2) is 10.8 Å². The SMILES string of the molecule is N=C(N)c1cccc(CC(N)c2ccccc2)n1. The van der Waals surface area contributed by atoms with Crippen LogP contribution in [0.1, 0.15) is 23.0 Å². The van der Waals surface area contributed by atoms with E-state index in [9.17, 15) is 0 Å². The number of nitrogens with one attached hydrogen (secondary N) is 1. The topological polar surface area (TPSA) is 88.8 Å². The van der Waals surface area contributed by atoms with E-state index in [1.165, 1.54) is 0 Å². The van der Waals surface area contributed by atoms with Gasteiger partial charge in [0.25, 0.3) is 0 Å². The predicted molar refractivity (Wildman–Crippen MR) is 72.3 cm³/mol. The fourth-order valence-corrected chi connectivity index (χ4v) is 1.79. The van der Waals surface area contributed by atoms with E-state index in [2.05, 4.69) is 4.98 Å². The van der Waals surface area contributed by atoms with Gasteiger partial charge in [0.15, 0.2) is 0 Å². The number of nitrogens with two attached hydrogens (primary N) is 2. The van der Waals surface area contributed by atoms with Crippen LogP contribution in [0.4, 0.5) is 0 Å². The van der Waals surface area contributed by atoms with Gasteiger partial charge in [-0.3, -0.25) is 5.41 Å². The molecule has 0 saturated heterocycles. The first-order valence-corrected chi connectivity index (χ1v) is 5.77. The molecule has 0 saturated carbocycles. The second-order valence-electron chi connectivity index (χ2n) is 4.15. The van der Waals surface area contributed by atoms with Crippen LogP contribution in [0, 0.1) is 5.41 Å². The molecule has 0 spiro atoms. The van der Waals surface area contributed by atoms with Gasteiger partial charge in [-0.1, -0.05) is 36.4 Å². The third-order valence-corrected chi connectivity index (χ3v) is 2.74. The molecule has 0 amide bonds. The van der Waals surface area contributed by atoms with Gasteiger partial charge in [0.1, 0.15) is 11.5 Å². The van der Waals surface area contributed by atoms with Crippen molar-refractivity contribution in [2.45, 2.75) is 12.5 Å². The van der Waals surface area contributed by atoms with Crippen LogP contribution < -0.4 is 11.5 Å². The average molecular weight is 240 g/mol. The second-order valence-corrected chi connectivity index (χ2v) is 4.15. The zero-order valence-corrected chi connectivity index (χ0v) is 10.0. The highest BCUT2D eigenvalue weighted by molar-refractivity contribution is 5.92. The van der Waals surface area contributed by atoms with Crippen LogP contribution >= 0.6 is 0 Å². The molecule has 1 aromatic carbocycles. The Bertz CT molecular complexity index is 537. The third kappa shape index (κ3) is 2.93. The summed E-state index contributed by atoms with van der Waals surface area (Å²) in [4.78, 5) is 4.31. The highest BCUT2D eigenvalue weighted by Gasteiger charge is 2.08. The smallest absolute Gasteiger partial charge is 0.141 e. The Hall–Kier alpha value is -2.20. The molecule has 18 heavy (non-hydrogen) atoms. The van der Waals surface area contributed by atoms with Gasteiger partial charge in [0.05, 0.1) is 0 Å². The fourth-order valence-electron chi connectivity index (χ4n) is 1.79. The number of hydrogen-bond acceptors (Lipinski definition) is 3. The fraction of sp³-hybridized carbons (Fsp3) is 0.143. The first-order valence-electron chi connectivity index (χ1n) is 5.77. The van der Waals surface area contributed by atoms with Crippen LogP contribution in [0.3, 0.4) is 0 Å². The minimum Gasteiger partial charge on any atom is -0.382 e. The minimum absolute atomic E-state index is 0.0230. The monoisotopic (exact) mass is 240 g/mol. The summed E-state index contributed by atoms with van der Waals surface area (Å²) < 4.78 is 0. The van der Waals surface area contributed by atoms with E-state index in [0.717, 1.165) is 11.3 Å². The number of hydrogen-bond donors (Lipinski definition) is 3. The summed E-state index contributed by atoms with van der Waals surface area (Å²) in [7, 11) is 0. The molecule has 1 heterocycles. The van der Waals surface area contributed by atoms with Crippen LogP contribution in [0.5, 0.6) is 0 Å². The lowest BCUT2D eigenvalue weighted by molar-refractivity contribution is 0.706. The van der Waals surface area contributed by atoms with E-state index >= 15 is 0 Å². The summed E-state index contributed by atoms with van der Waals surface area (Å²) >= 11 is 0. The van der Waals surface area contributed by atoms with Gasteiger partial charge >= 0.3 is 0 Å². The second kappa shape index (κ2) is 5.42. The maximum atomic E-state index is 7.36. The van der Waals surface area contributed by atoms with E-state index < -0.39 is 0 Å². The Morgan fingerprint density at radius 2 is 1.83 bits per heavy atom. The van der Waals surface area contributed by atoms with Crippen molar-refractivity contribution in [3.05, 3.63) is 65.5 Å². The number of rotatable bonds is 4. The summed E-state index contributed by atoms with van der Waals surface area (Å²) in [6, 6.07) is 15.3. The Labute approximate surface area is 106 Å². The van der Waals surface area contributed by atoms with E-state index in [0.29, 0.717) is 12.1 Å². The molecule has 92 valence electrons. The lowest BCUT2D eigenvalue weighted by Gasteiger charge is -2.11. The van der Waals surface area contributed by atoms with Gasteiger partial charge in [-0.15, -0.1) is 0 Å². The molecule has 4 nitrogen and oxygen atoms in total. The molecular weight excluding hydrogens is 224 g/mol. The summed E-state index contributed by atoms with van der Waals surface area (Å²) in [5.41, 5.74) is 14.0. The molecule has 2 rings (SSSR count). The van der Waals surface area contributed by atoms with Gasteiger partial charge in [-0.2, -0.15) is 0 Å². The maximum Gasteiger partial charge on any atom is 0.141 e. The largest absolute Gasteiger partial charge is 0.382 e. The standard InChI is InChI=1S/C14H16N4/c15-12(10-5-2-1-3-6-10)9-11-7-4-8-13(18-11)14(16)17/h1-8,12H,9,15H2,(H3,16,17). The van der Waals surface area contributed by atoms with Gasteiger partial charge in [-0.25, -0.2) is 4.98 Å². The van der Waals surface area contributed by atoms with Gasteiger partial charge in [0, 0.05) is 18.2 Å². The molecule has 1 aromatic heterocycles. The number of pyridine rings is 1. The first-order chi connectivity index (χ1) is 8.66. The normalized spacial score (nSPS) is 12.1. The Morgan fingerprint density at radius 1 is 1.11 bits per heavy atom. The summed E-state index contributed by atoms with van der Waals surface area (Å²) in [5, 5.41) is 7.36. The quantitative estimate of drug-likeness (QED) is 0.560. The molecule has 0 bridgehead atoms. The van der Waals surface area contributed by atoms with Crippen molar-refractivity contribution in [3.8, 4) is 0 Å². The van der Waals surface area contributed by atoms with Crippen molar-refractivity contribution in [3.63, 3.8) is 0 Å². The molecule has 2 aromatic rings. The van der Waals surface area contributed by atoms with E-state index in [-0.39, 0.29) is 11.9 Å². The number of benzene rings is 1. The van der Waals surface area contributed by atoms with Crippen molar-refractivity contribution in [2.75, 3.05) is 0 Å². The molecule has 0 aliphatic carbocycles. The molecular formula is C14H16N4. The zero-order chi connectivity index (χ0) is 13.0. The molecule has 4 heteroatoms. The number of aromatic nitrogens is 1. The molecule has 0 radical (unpaired) electrons. The Balaban J connectivity index is 2.14. The highest BCUT2D eigenvalue weighted by Crippen LogP contribution is 2.14. The molecule has 1 unspecified atom stereocenters. The van der Waals surface area contributed by atoms with Crippen molar-refractivity contribution in [2.24, 2.45) is 11.5 Å². The lowest BCUT2D eigenvalue weighted by Crippen LogP contribution is -2.17. The van der Waals surface area contributed by atoms with Crippen LogP contribution in [0.2, 0.25) is 0 Å². The Morgan fingerprint density at radius 3 is 2.50 bits per heavy atom. The third-order valence-electron chi connectivity index (χ3n) is 2.74. The number of nitrogens with zero attached hydrogens (tertiary/aromatic N) is 1. The minimum atomic E-state index is -0.0964. The first kappa shape index (κ1) is 12.3. The number of amidine groups is 1. The van der Waals surface area contributed by atoms with E-state index in [4.69, 9.17) is 16.9 Å². The maximum absolute atomic E-state index is 7.36. The van der Waals surface area contributed by atoms with Crippen molar-refractivity contribution in [1.29, 1.82) is 5.41 Å². The van der Waals surface area contributed by atoms with Crippen LogP contribution in [-0.2, 0) is 6.42 Å².